The largest absolute Gasteiger partial charge is 0.352 e. The van der Waals surface area contributed by atoms with Gasteiger partial charge in [0.05, 0.1) is 0 Å². The zero-order valence-corrected chi connectivity index (χ0v) is 12.4. The maximum absolute atomic E-state index is 4.49. The zero-order chi connectivity index (χ0) is 13.7. The van der Waals surface area contributed by atoms with Crippen LogP contribution in [0.1, 0.15) is 45.7 Å². The van der Waals surface area contributed by atoms with Gasteiger partial charge in [-0.3, -0.25) is 0 Å². The number of hydrogen-bond donors (Lipinski definition) is 1. The highest BCUT2D eigenvalue weighted by Gasteiger charge is 2.27. The van der Waals surface area contributed by atoms with Crippen LogP contribution < -0.4 is 10.2 Å². The molecule has 2 rings (SSSR count). The standard InChI is InChI=1S/C15H26N4/c1-4-13-10-15(18-11-17-13)19-9-7-6-8-14(19)12(3)16-5-2/h10-12,14,16H,4-9H2,1-3H3. The van der Waals surface area contributed by atoms with E-state index in [-0.39, 0.29) is 0 Å². The highest BCUT2D eigenvalue weighted by Crippen LogP contribution is 2.25. The number of rotatable bonds is 5. The molecule has 1 saturated heterocycles. The lowest BCUT2D eigenvalue weighted by atomic mass is 9.96. The Kier molecular flexibility index (Phi) is 5.14. The van der Waals surface area contributed by atoms with Crippen molar-refractivity contribution < 1.29 is 0 Å². The van der Waals surface area contributed by atoms with E-state index in [1.54, 1.807) is 6.33 Å². The second-order valence-electron chi connectivity index (χ2n) is 5.32. The molecule has 1 N–H and O–H groups in total. The van der Waals surface area contributed by atoms with E-state index in [4.69, 9.17) is 0 Å². The third-order valence-corrected chi connectivity index (χ3v) is 4.02. The summed E-state index contributed by atoms with van der Waals surface area (Å²) >= 11 is 0. The third kappa shape index (κ3) is 3.44. The average molecular weight is 262 g/mol. The predicted octanol–water partition coefficient (Wildman–Crippen LogP) is 2.40. The summed E-state index contributed by atoms with van der Waals surface area (Å²) in [5.74, 6) is 1.10. The van der Waals surface area contributed by atoms with Gasteiger partial charge in [-0.05, 0) is 39.2 Å². The van der Waals surface area contributed by atoms with E-state index in [0.717, 1.165) is 31.0 Å². The maximum Gasteiger partial charge on any atom is 0.132 e. The molecule has 2 atom stereocenters. The van der Waals surface area contributed by atoms with Crippen LogP contribution in [0.3, 0.4) is 0 Å². The van der Waals surface area contributed by atoms with E-state index in [1.165, 1.54) is 19.3 Å². The van der Waals surface area contributed by atoms with E-state index >= 15 is 0 Å². The van der Waals surface area contributed by atoms with E-state index in [0.29, 0.717) is 12.1 Å². The van der Waals surface area contributed by atoms with Crippen molar-refractivity contribution in [2.24, 2.45) is 0 Å². The van der Waals surface area contributed by atoms with Crippen LogP contribution in [0.5, 0.6) is 0 Å². The predicted molar refractivity (Wildman–Crippen MR) is 79.5 cm³/mol. The minimum Gasteiger partial charge on any atom is -0.352 e. The molecule has 4 nitrogen and oxygen atoms in total. The van der Waals surface area contributed by atoms with Crippen molar-refractivity contribution in [3.8, 4) is 0 Å². The Bertz CT molecular complexity index is 393. The van der Waals surface area contributed by atoms with Crippen LogP contribution in [-0.2, 0) is 6.42 Å². The molecule has 0 bridgehead atoms. The molecule has 1 fully saturated rings. The van der Waals surface area contributed by atoms with E-state index in [1.807, 2.05) is 0 Å². The summed E-state index contributed by atoms with van der Waals surface area (Å²) in [4.78, 5) is 11.3. The number of aryl methyl sites for hydroxylation is 1. The van der Waals surface area contributed by atoms with E-state index < -0.39 is 0 Å². The monoisotopic (exact) mass is 262 g/mol. The van der Waals surface area contributed by atoms with Gasteiger partial charge >= 0.3 is 0 Å². The average Bonchev–Trinajstić information content (AvgIpc) is 2.47. The van der Waals surface area contributed by atoms with Crippen LogP contribution in [0.15, 0.2) is 12.4 Å². The van der Waals surface area contributed by atoms with Crippen LogP contribution in [0, 0.1) is 0 Å². The normalized spacial score (nSPS) is 21.4. The molecule has 1 aromatic rings. The van der Waals surface area contributed by atoms with Gasteiger partial charge in [0.25, 0.3) is 0 Å². The Morgan fingerprint density at radius 2 is 2.21 bits per heavy atom. The van der Waals surface area contributed by atoms with Gasteiger partial charge in [0.1, 0.15) is 12.1 Å². The number of piperidine rings is 1. The summed E-state index contributed by atoms with van der Waals surface area (Å²) in [6.07, 6.45) is 6.51. The van der Waals surface area contributed by atoms with Crippen molar-refractivity contribution in [3.63, 3.8) is 0 Å². The second-order valence-corrected chi connectivity index (χ2v) is 5.32. The maximum atomic E-state index is 4.49. The summed E-state index contributed by atoms with van der Waals surface area (Å²) in [7, 11) is 0. The molecule has 2 heterocycles. The smallest absolute Gasteiger partial charge is 0.132 e. The van der Waals surface area contributed by atoms with Gasteiger partial charge in [-0.15, -0.1) is 0 Å². The number of aromatic nitrogens is 2. The molecule has 19 heavy (non-hydrogen) atoms. The Labute approximate surface area is 116 Å². The first-order valence-electron chi connectivity index (χ1n) is 7.57. The van der Waals surface area contributed by atoms with Crippen molar-refractivity contribution in [2.75, 3.05) is 18.0 Å². The van der Waals surface area contributed by atoms with Gasteiger partial charge in [0, 0.05) is 30.4 Å². The topological polar surface area (TPSA) is 41.0 Å². The Hall–Kier alpha value is -1.16. The molecule has 106 valence electrons. The number of hydrogen-bond acceptors (Lipinski definition) is 4. The number of nitrogens with zero attached hydrogens (tertiary/aromatic N) is 3. The lowest BCUT2D eigenvalue weighted by Gasteiger charge is -2.40. The summed E-state index contributed by atoms with van der Waals surface area (Å²) in [6.45, 7) is 8.73. The second kappa shape index (κ2) is 6.85. The highest BCUT2D eigenvalue weighted by molar-refractivity contribution is 5.41. The first-order valence-corrected chi connectivity index (χ1v) is 7.57. The van der Waals surface area contributed by atoms with E-state index in [2.05, 4.69) is 47.0 Å². The van der Waals surface area contributed by atoms with Crippen LogP contribution >= 0.6 is 0 Å². The fraction of sp³-hybridized carbons (Fsp3) is 0.733. The number of nitrogens with one attached hydrogen (secondary N) is 1. The van der Waals surface area contributed by atoms with Crippen molar-refractivity contribution >= 4 is 5.82 Å². The third-order valence-electron chi connectivity index (χ3n) is 4.02. The summed E-state index contributed by atoms with van der Waals surface area (Å²) in [5, 5.41) is 3.56. The van der Waals surface area contributed by atoms with Crippen LogP contribution in [0.25, 0.3) is 0 Å². The minimum atomic E-state index is 0.505. The SMILES string of the molecule is CCNC(C)C1CCCCN1c1cc(CC)ncn1. The van der Waals surface area contributed by atoms with Gasteiger partial charge in [-0.25, -0.2) is 9.97 Å². The molecule has 0 aliphatic carbocycles. The highest BCUT2D eigenvalue weighted by atomic mass is 15.2. The van der Waals surface area contributed by atoms with Crippen LogP contribution in [0.4, 0.5) is 5.82 Å². The van der Waals surface area contributed by atoms with Crippen molar-refractivity contribution in [3.05, 3.63) is 18.1 Å². The van der Waals surface area contributed by atoms with Gasteiger partial charge in [0.15, 0.2) is 0 Å². The van der Waals surface area contributed by atoms with Gasteiger partial charge in [-0.2, -0.15) is 0 Å². The Morgan fingerprint density at radius 3 is 2.95 bits per heavy atom. The molecule has 0 amide bonds. The number of likely N-dealkylation sites (N-methyl/N-ethyl adjacent to an activating group) is 1. The van der Waals surface area contributed by atoms with Gasteiger partial charge < -0.3 is 10.2 Å². The van der Waals surface area contributed by atoms with Gasteiger partial charge in [0.2, 0.25) is 0 Å². The molecule has 0 aromatic carbocycles. The van der Waals surface area contributed by atoms with E-state index in [9.17, 15) is 0 Å². The Balaban J connectivity index is 2.18. The van der Waals surface area contributed by atoms with Crippen LogP contribution in [-0.4, -0.2) is 35.1 Å². The minimum absolute atomic E-state index is 0.505. The quantitative estimate of drug-likeness (QED) is 0.884. The van der Waals surface area contributed by atoms with Crippen molar-refractivity contribution in [2.45, 2.75) is 58.5 Å². The first-order chi connectivity index (χ1) is 9.26. The van der Waals surface area contributed by atoms with Crippen molar-refractivity contribution in [1.82, 2.24) is 15.3 Å². The molecule has 1 aliphatic rings. The van der Waals surface area contributed by atoms with Gasteiger partial charge in [-0.1, -0.05) is 13.8 Å². The molecular weight excluding hydrogens is 236 g/mol. The Morgan fingerprint density at radius 1 is 1.37 bits per heavy atom. The number of anilines is 1. The zero-order valence-electron chi connectivity index (χ0n) is 12.4. The van der Waals surface area contributed by atoms with Crippen LogP contribution in [0.2, 0.25) is 0 Å². The lowest BCUT2D eigenvalue weighted by molar-refractivity contribution is 0.370. The van der Waals surface area contributed by atoms with Crippen molar-refractivity contribution in [1.29, 1.82) is 0 Å². The molecule has 4 heteroatoms. The molecule has 0 saturated carbocycles. The fourth-order valence-electron chi connectivity index (χ4n) is 2.96. The summed E-state index contributed by atoms with van der Waals surface area (Å²) in [6, 6.07) is 3.20. The molecule has 1 aliphatic heterocycles. The molecule has 0 radical (unpaired) electrons. The molecule has 1 aromatic heterocycles. The first kappa shape index (κ1) is 14.3. The molecular formula is C15H26N4. The fourth-order valence-corrected chi connectivity index (χ4v) is 2.96. The summed E-state index contributed by atoms with van der Waals surface area (Å²) < 4.78 is 0. The molecule has 0 spiro atoms. The molecule has 2 unspecified atom stereocenters. The lowest BCUT2D eigenvalue weighted by Crippen LogP contribution is -2.51. The summed E-state index contributed by atoms with van der Waals surface area (Å²) in [5.41, 5.74) is 1.13.